The third-order valence-corrected chi connectivity index (χ3v) is 4.82. The normalized spacial score (nSPS) is 12.4. The predicted octanol–water partition coefficient (Wildman–Crippen LogP) is 2.87. The fourth-order valence-electron chi connectivity index (χ4n) is 3.21. The van der Waals surface area contributed by atoms with E-state index in [1.165, 1.54) is 22.7 Å². The molecule has 0 spiro atoms. The van der Waals surface area contributed by atoms with E-state index in [-0.39, 0.29) is 31.7 Å². The van der Waals surface area contributed by atoms with Gasteiger partial charge in [0.05, 0.1) is 6.54 Å². The summed E-state index contributed by atoms with van der Waals surface area (Å²) in [6, 6.07) is 14.7. The summed E-state index contributed by atoms with van der Waals surface area (Å²) in [5.74, 6) is 1.57. The highest BCUT2D eigenvalue weighted by Gasteiger charge is 2.13. The van der Waals surface area contributed by atoms with Gasteiger partial charge < -0.3 is 19.5 Å². The lowest BCUT2D eigenvalue weighted by atomic mass is 10.2. The van der Waals surface area contributed by atoms with Crippen molar-refractivity contribution in [3.8, 4) is 28.8 Å². The summed E-state index contributed by atoms with van der Waals surface area (Å²) in [5.41, 5.74) is 2.03. The van der Waals surface area contributed by atoms with Crippen molar-refractivity contribution < 1.29 is 23.4 Å². The number of fused-ring (bicyclic) bond motifs is 2. The summed E-state index contributed by atoms with van der Waals surface area (Å²) < 4.78 is 30.9. The summed E-state index contributed by atoms with van der Waals surface area (Å²) in [5, 5.41) is 15.3. The van der Waals surface area contributed by atoms with Crippen LogP contribution in [0.5, 0.6) is 17.4 Å². The van der Waals surface area contributed by atoms with Crippen LogP contribution in [-0.4, -0.2) is 45.7 Å². The van der Waals surface area contributed by atoms with Gasteiger partial charge in [0.1, 0.15) is 12.4 Å². The first-order valence-electron chi connectivity index (χ1n) is 10.1. The van der Waals surface area contributed by atoms with Crippen LogP contribution in [0.1, 0.15) is 5.56 Å². The minimum Gasteiger partial charge on any atom is -0.475 e. The van der Waals surface area contributed by atoms with Crippen LogP contribution in [0.4, 0.5) is 4.39 Å². The SMILES string of the molecule is O=C(/C=C/c1ccc2c(c1)OCO2)NCCOc1ccc2nnc(-c3ccc(F)cc3)n2n1. The van der Waals surface area contributed by atoms with Crippen LogP contribution >= 0.6 is 0 Å². The zero-order valence-electron chi connectivity index (χ0n) is 17.3. The number of rotatable bonds is 7. The Morgan fingerprint density at radius 1 is 1.09 bits per heavy atom. The Morgan fingerprint density at radius 3 is 2.82 bits per heavy atom. The molecule has 0 saturated heterocycles. The van der Waals surface area contributed by atoms with Gasteiger partial charge in [-0.1, -0.05) is 6.07 Å². The van der Waals surface area contributed by atoms with Gasteiger partial charge in [-0.2, -0.15) is 4.52 Å². The molecule has 0 unspecified atom stereocenters. The lowest BCUT2D eigenvalue weighted by molar-refractivity contribution is -0.116. The van der Waals surface area contributed by atoms with Crippen LogP contribution in [-0.2, 0) is 4.79 Å². The molecule has 0 radical (unpaired) electrons. The van der Waals surface area contributed by atoms with Gasteiger partial charge in [0.2, 0.25) is 18.6 Å². The second-order valence-electron chi connectivity index (χ2n) is 7.06. The molecule has 1 aliphatic rings. The van der Waals surface area contributed by atoms with E-state index >= 15 is 0 Å². The number of hydrogen-bond donors (Lipinski definition) is 1. The molecule has 166 valence electrons. The molecule has 5 rings (SSSR count). The molecule has 1 aliphatic heterocycles. The highest BCUT2D eigenvalue weighted by molar-refractivity contribution is 5.91. The molecule has 3 heterocycles. The smallest absolute Gasteiger partial charge is 0.244 e. The molecule has 1 N–H and O–H groups in total. The van der Waals surface area contributed by atoms with E-state index in [4.69, 9.17) is 14.2 Å². The van der Waals surface area contributed by atoms with Crippen LogP contribution in [0.3, 0.4) is 0 Å². The van der Waals surface area contributed by atoms with Crippen molar-refractivity contribution in [1.82, 2.24) is 25.1 Å². The number of aromatic nitrogens is 4. The number of nitrogens with one attached hydrogen (secondary N) is 1. The zero-order chi connectivity index (χ0) is 22.6. The average molecular weight is 447 g/mol. The first-order valence-corrected chi connectivity index (χ1v) is 10.1. The van der Waals surface area contributed by atoms with Gasteiger partial charge in [-0.15, -0.1) is 15.3 Å². The van der Waals surface area contributed by atoms with Crippen molar-refractivity contribution in [3.05, 3.63) is 72.1 Å². The number of ether oxygens (including phenoxy) is 3. The third kappa shape index (κ3) is 4.59. The highest BCUT2D eigenvalue weighted by Crippen LogP contribution is 2.32. The van der Waals surface area contributed by atoms with Crippen molar-refractivity contribution in [2.45, 2.75) is 0 Å². The molecule has 0 fully saturated rings. The number of carbonyl (C=O) groups is 1. The Balaban J connectivity index is 1.15. The Hall–Kier alpha value is -4.47. The monoisotopic (exact) mass is 447 g/mol. The van der Waals surface area contributed by atoms with E-state index in [1.807, 2.05) is 12.1 Å². The molecule has 10 heteroatoms. The molecule has 1 amide bonds. The van der Waals surface area contributed by atoms with E-state index in [1.54, 1.807) is 36.4 Å². The number of halogens is 1. The molecule has 0 bridgehead atoms. The summed E-state index contributed by atoms with van der Waals surface area (Å²) >= 11 is 0. The largest absolute Gasteiger partial charge is 0.475 e. The molecule has 9 nitrogen and oxygen atoms in total. The Labute approximate surface area is 187 Å². The van der Waals surface area contributed by atoms with Crippen molar-refractivity contribution in [3.63, 3.8) is 0 Å². The highest BCUT2D eigenvalue weighted by atomic mass is 19.1. The van der Waals surface area contributed by atoms with Gasteiger partial charge in [0.15, 0.2) is 23.0 Å². The minimum atomic E-state index is -0.336. The maximum atomic E-state index is 13.2. The second-order valence-corrected chi connectivity index (χ2v) is 7.06. The standard InChI is InChI=1S/C23H18FN5O4/c24-17-5-3-16(4-6-17)23-27-26-20-8-10-22(28-29(20)23)31-12-11-25-21(30)9-2-15-1-7-18-19(13-15)33-14-32-18/h1-10,13H,11-12,14H2,(H,25,30)/b9-2+. The maximum Gasteiger partial charge on any atom is 0.244 e. The molecule has 0 saturated carbocycles. The lowest BCUT2D eigenvalue weighted by Gasteiger charge is -2.06. The van der Waals surface area contributed by atoms with Crippen molar-refractivity contribution >= 4 is 17.6 Å². The van der Waals surface area contributed by atoms with Gasteiger partial charge in [0, 0.05) is 17.7 Å². The van der Waals surface area contributed by atoms with Crippen LogP contribution < -0.4 is 19.5 Å². The fraction of sp³-hybridized carbons (Fsp3) is 0.130. The van der Waals surface area contributed by atoms with E-state index in [0.29, 0.717) is 34.4 Å². The van der Waals surface area contributed by atoms with E-state index in [9.17, 15) is 9.18 Å². The first-order chi connectivity index (χ1) is 16.2. The maximum absolute atomic E-state index is 13.2. The summed E-state index contributed by atoms with van der Waals surface area (Å²) in [4.78, 5) is 12.1. The van der Waals surface area contributed by atoms with Crippen LogP contribution in [0.2, 0.25) is 0 Å². The van der Waals surface area contributed by atoms with E-state index in [0.717, 1.165) is 5.56 Å². The third-order valence-electron chi connectivity index (χ3n) is 4.82. The average Bonchev–Trinajstić information content (AvgIpc) is 3.47. The summed E-state index contributed by atoms with van der Waals surface area (Å²) in [6.07, 6.45) is 3.13. The first kappa shape index (κ1) is 20.4. The lowest BCUT2D eigenvalue weighted by Crippen LogP contribution is -2.26. The van der Waals surface area contributed by atoms with Crippen molar-refractivity contribution in [2.24, 2.45) is 0 Å². The summed E-state index contributed by atoms with van der Waals surface area (Å²) in [6.45, 7) is 0.711. The molecule has 2 aromatic carbocycles. The Bertz CT molecular complexity index is 1340. The number of carbonyl (C=O) groups excluding carboxylic acids is 1. The topological polar surface area (TPSA) is 99.9 Å². The van der Waals surface area contributed by atoms with Gasteiger partial charge in [-0.25, -0.2) is 4.39 Å². The molecule has 0 atom stereocenters. The molecule has 4 aromatic rings. The van der Waals surface area contributed by atoms with E-state index < -0.39 is 0 Å². The molecular formula is C23H18FN5O4. The van der Waals surface area contributed by atoms with Gasteiger partial charge in [-0.3, -0.25) is 4.79 Å². The van der Waals surface area contributed by atoms with Crippen molar-refractivity contribution in [1.29, 1.82) is 0 Å². The minimum absolute atomic E-state index is 0.204. The van der Waals surface area contributed by atoms with Gasteiger partial charge in [-0.05, 0) is 54.1 Å². The zero-order valence-corrected chi connectivity index (χ0v) is 17.3. The van der Waals surface area contributed by atoms with Gasteiger partial charge >= 0.3 is 0 Å². The number of amides is 1. The van der Waals surface area contributed by atoms with Crippen LogP contribution in [0.25, 0.3) is 23.1 Å². The van der Waals surface area contributed by atoms with E-state index in [2.05, 4.69) is 20.6 Å². The van der Waals surface area contributed by atoms with Crippen LogP contribution in [0, 0.1) is 5.82 Å². The predicted molar refractivity (Wildman–Crippen MR) is 116 cm³/mol. The summed E-state index contributed by atoms with van der Waals surface area (Å²) in [7, 11) is 0. The quantitative estimate of drug-likeness (QED) is 0.344. The second kappa shape index (κ2) is 8.95. The number of benzene rings is 2. The fourth-order valence-corrected chi connectivity index (χ4v) is 3.21. The Morgan fingerprint density at radius 2 is 1.94 bits per heavy atom. The Kier molecular flexibility index (Phi) is 5.54. The van der Waals surface area contributed by atoms with Gasteiger partial charge in [0.25, 0.3) is 0 Å². The number of hydrogen-bond acceptors (Lipinski definition) is 7. The molecule has 0 aliphatic carbocycles. The number of nitrogens with zero attached hydrogens (tertiary/aromatic N) is 4. The molecular weight excluding hydrogens is 429 g/mol. The molecule has 33 heavy (non-hydrogen) atoms. The van der Waals surface area contributed by atoms with Crippen LogP contribution in [0.15, 0.2) is 60.7 Å². The van der Waals surface area contributed by atoms with Crippen molar-refractivity contribution in [2.75, 3.05) is 19.9 Å². The molecule has 2 aromatic heterocycles.